The number of hydrogen-bond acceptors (Lipinski definition) is 4. The molecule has 4 rings (SSSR count). The van der Waals surface area contributed by atoms with E-state index in [1.165, 1.54) is 0 Å². The molecule has 1 aromatic carbocycles. The Bertz CT molecular complexity index is 838. The van der Waals surface area contributed by atoms with Crippen molar-refractivity contribution in [3.63, 3.8) is 0 Å². The van der Waals surface area contributed by atoms with E-state index in [4.69, 9.17) is 0 Å². The fraction of sp³-hybridized carbons (Fsp3) is 0.250. The molecule has 1 N–H and O–H groups in total. The zero-order valence-electron chi connectivity index (χ0n) is 14.5. The van der Waals surface area contributed by atoms with Crippen LogP contribution >= 0.6 is 0 Å². The Balaban J connectivity index is 1.34. The number of nitrogens with one attached hydrogen (secondary N) is 1. The van der Waals surface area contributed by atoms with Crippen molar-refractivity contribution >= 4 is 11.7 Å². The maximum atomic E-state index is 12.7. The van der Waals surface area contributed by atoms with Crippen molar-refractivity contribution in [1.29, 1.82) is 0 Å². The summed E-state index contributed by atoms with van der Waals surface area (Å²) >= 11 is 0. The molecule has 0 aliphatic carbocycles. The van der Waals surface area contributed by atoms with Crippen molar-refractivity contribution in [2.75, 3.05) is 18.4 Å². The first-order valence-electron chi connectivity index (χ1n) is 8.86. The molecule has 0 radical (unpaired) electrons. The number of hydrogen-bond donors (Lipinski definition) is 1. The molecule has 1 fully saturated rings. The molecule has 2 aromatic heterocycles. The van der Waals surface area contributed by atoms with Gasteiger partial charge in [0.05, 0.1) is 0 Å². The second kappa shape index (κ2) is 7.39. The molecular weight excluding hydrogens is 326 g/mol. The van der Waals surface area contributed by atoms with Crippen LogP contribution in [0.4, 0.5) is 5.82 Å². The van der Waals surface area contributed by atoms with Gasteiger partial charge in [0.25, 0.3) is 5.91 Å². The van der Waals surface area contributed by atoms with Crippen LogP contribution in [0.25, 0.3) is 5.69 Å². The number of carbonyl (C=O) groups excluding carboxylic acids is 1. The summed E-state index contributed by atoms with van der Waals surface area (Å²) in [6, 6.07) is 15.8. The first kappa shape index (κ1) is 16.3. The van der Waals surface area contributed by atoms with Crippen molar-refractivity contribution in [1.82, 2.24) is 19.7 Å². The van der Waals surface area contributed by atoms with Crippen LogP contribution in [0.2, 0.25) is 0 Å². The standard InChI is InChI=1S/C20H21N5O/c26-20(16-5-7-18(8-6-16)24-12-1-2-13-24)25-14-9-17(10-15-25)22-19-4-3-11-21-23-19/h1-8,11-13,17H,9-10,14-15H2,(H,22,23). The zero-order valence-corrected chi connectivity index (χ0v) is 14.5. The van der Waals surface area contributed by atoms with Crippen LogP contribution in [0, 0.1) is 0 Å². The predicted octanol–water partition coefficient (Wildman–Crippen LogP) is 2.98. The SMILES string of the molecule is O=C(c1ccc(-n2cccc2)cc1)N1CCC(Nc2cccnn2)CC1. The molecule has 1 aliphatic heterocycles. The molecule has 3 heterocycles. The fourth-order valence-corrected chi connectivity index (χ4v) is 3.28. The molecule has 1 saturated heterocycles. The van der Waals surface area contributed by atoms with Crippen molar-refractivity contribution in [3.8, 4) is 5.69 Å². The Morgan fingerprint density at radius 1 is 1.00 bits per heavy atom. The van der Waals surface area contributed by atoms with E-state index in [0.29, 0.717) is 6.04 Å². The van der Waals surface area contributed by atoms with Gasteiger partial charge in [-0.1, -0.05) is 0 Å². The van der Waals surface area contributed by atoms with Crippen LogP contribution in [-0.4, -0.2) is 44.7 Å². The van der Waals surface area contributed by atoms with E-state index in [-0.39, 0.29) is 5.91 Å². The van der Waals surface area contributed by atoms with Crippen LogP contribution in [-0.2, 0) is 0 Å². The Morgan fingerprint density at radius 3 is 2.38 bits per heavy atom. The summed E-state index contributed by atoms with van der Waals surface area (Å²) in [5, 5.41) is 11.3. The summed E-state index contributed by atoms with van der Waals surface area (Å²) in [6.07, 6.45) is 7.46. The molecule has 0 spiro atoms. The summed E-state index contributed by atoms with van der Waals surface area (Å²) < 4.78 is 2.03. The summed E-state index contributed by atoms with van der Waals surface area (Å²) in [5.74, 6) is 0.889. The van der Waals surface area contributed by atoms with E-state index >= 15 is 0 Å². The molecule has 26 heavy (non-hydrogen) atoms. The highest BCUT2D eigenvalue weighted by atomic mass is 16.2. The summed E-state index contributed by atoms with van der Waals surface area (Å²) in [7, 11) is 0. The van der Waals surface area contributed by atoms with Crippen LogP contribution in [0.3, 0.4) is 0 Å². The highest BCUT2D eigenvalue weighted by Gasteiger charge is 2.23. The minimum Gasteiger partial charge on any atom is -0.366 e. The molecule has 0 bridgehead atoms. The lowest BCUT2D eigenvalue weighted by molar-refractivity contribution is 0.0718. The van der Waals surface area contributed by atoms with E-state index in [2.05, 4.69) is 15.5 Å². The Morgan fingerprint density at radius 2 is 1.73 bits per heavy atom. The van der Waals surface area contributed by atoms with Crippen molar-refractivity contribution in [2.45, 2.75) is 18.9 Å². The summed E-state index contributed by atoms with van der Waals surface area (Å²) in [6.45, 7) is 1.49. The second-order valence-electron chi connectivity index (χ2n) is 6.46. The van der Waals surface area contributed by atoms with Crippen LogP contribution in [0.15, 0.2) is 67.1 Å². The van der Waals surface area contributed by atoms with E-state index in [9.17, 15) is 4.79 Å². The normalized spacial score (nSPS) is 15.0. The number of nitrogens with zero attached hydrogens (tertiary/aromatic N) is 4. The van der Waals surface area contributed by atoms with Gasteiger partial charge >= 0.3 is 0 Å². The van der Waals surface area contributed by atoms with Crippen LogP contribution in [0.5, 0.6) is 0 Å². The maximum Gasteiger partial charge on any atom is 0.253 e. The number of anilines is 1. The third-order valence-corrected chi connectivity index (χ3v) is 4.72. The lowest BCUT2D eigenvalue weighted by Gasteiger charge is -2.32. The van der Waals surface area contributed by atoms with E-state index in [0.717, 1.165) is 43.0 Å². The number of benzene rings is 1. The van der Waals surface area contributed by atoms with E-state index in [1.807, 2.05) is 70.4 Å². The fourth-order valence-electron chi connectivity index (χ4n) is 3.28. The molecule has 0 saturated carbocycles. The number of likely N-dealkylation sites (tertiary alicyclic amines) is 1. The molecule has 132 valence electrons. The first-order chi connectivity index (χ1) is 12.8. The van der Waals surface area contributed by atoms with Gasteiger partial charge in [0.15, 0.2) is 0 Å². The maximum absolute atomic E-state index is 12.7. The van der Waals surface area contributed by atoms with Crippen molar-refractivity contribution < 1.29 is 4.79 Å². The number of carbonyl (C=O) groups is 1. The zero-order chi connectivity index (χ0) is 17.8. The number of piperidine rings is 1. The van der Waals surface area contributed by atoms with Gasteiger partial charge in [-0.2, -0.15) is 5.10 Å². The molecule has 3 aromatic rings. The lowest BCUT2D eigenvalue weighted by Crippen LogP contribution is -2.42. The van der Waals surface area contributed by atoms with Crippen molar-refractivity contribution in [2.24, 2.45) is 0 Å². The van der Waals surface area contributed by atoms with Gasteiger partial charge in [-0.25, -0.2) is 0 Å². The van der Waals surface area contributed by atoms with E-state index < -0.39 is 0 Å². The molecule has 1 aliphatic rings. The first-order valence-corrected chi connectivity index (χ1v) is 8.86. The number of aromatic nitrogens is 3. The molecular formula is C20H21N5O. The monoisotopic (exact) mass is 347 g/mol. The molecule has 6 heteroatoms. The molecule has 6 nitrogen and oxygen atoms in total. The van der Waals surface area contributed by atoms with Gasteiger partial charge in [-0.15, -0.1) is 5.10 Å². The summed E-state index contributed by atoms with van der Waals surface area (Å²) in [5.41, 5.74) is 1.79. The molecule has 1 amide bonds. The highest BCUT2D eigenvalue weighted by Crippen LogP contribution is 2.18. The Hall–Kier alpha value is -3.15. The van der Waals surface area contributed by atoms with Gasteiger partial charge in [-0.3, -0.25) is 4.79 Å². The van der Waals surface area contributed by atoms with Gasteiger partial charge in [0, 0.05) is 49.0 Å². The third kappa shape index (κ3) is 3.59. The van der Waals surface area contributed by atoms with Gasteiger partial charge in [0.2, 0.25) is 0 Å². The smallest absolute Gasteiger partial charge is 0.253 e. The van der Waals surface area contributed by atoms with Crippen LogP contribution < -0.4 is 5.32 Å². The largest absolute Gasteiger partial charge is 0.366 e. The lowest BCUT2D eigenvalue weighted by atomic mass is 10.0. The quantitative estimate of drug-likeness (QED) is 0.788. The summed E-state index contributed by atoms with van der Waals surface area (Å²) in [4.78, 5) is 14.7. The molecule has 0 unspecified atom stereocenters. The van der Waals surface area contributed by atoms with Gasteiger partial charge in [-0.05, 0) is 61.4 Å². The predicted molar refractivity (Wildman–Crippen MR) is 100 cm³/mol. The minimum absolute atomic E-state index is 0.0991. The Labute approximate surface area is 152 Å². The average Bonchev–Trinajstić information content (AvgIpc) is 3.24. The molecule has 0 atom stereocenters. The van der Waals surface area contributed by atoms with Crippen LogP contribution in [0.1, 0.15) is 23.2 Å². The minimum atomic E-state index is 0.0991. The number of rotatable bonds is 4. The van der Waals surface area contributed by atoms with Gasteiger partial charge < -0.3 is 14.8 Å². The van der Waals surface area contributed by atoms with Gasteiger partial charge in [0.1, 0.15) is 5.82 Å². The van der Waals surface area contributed by atoms with E-state index in [1.54, 1.807) is 6.20 Å². The third-order valence-electron chi connectivity index (χ3n) is 4.72. The average molecular weight is 347 g/mol. The Kier molecular flexibility index (Phi) is 4.64. The number of amides is 1. The van der Waals surface area contributed by atoms with Crippen molar-refractivity contribution in [3.05, 3.63) is 72.7 Å². The highest BCUT2D eigenvalue weighted by molar-refractivity contribution is 5.94. The topological polar surface area (TPSA) is 63.1 Å². The second-order valence-corrected chi connectivity index (χ2v) is 6.46.